The van der Waals surface area contributed by atoms with Crippen LogP contribution in [0.1, 0.15) is 12.6 Å². The Hall–Kier alpha value is -1.74. The summed E-state index contributed by atoms with van der Waals surface area (Å²) in [6.07, 6.45) is 0.972. The molecule has 0 amide bonds. The molecule has 0 aliphatic carbocycles. The Kier molecular flexibility index (Phi) is 4.24. The van der Waals surface area contributed by atoms with Crippen molar-refractivity contribution in [3.63, 3.8) is 0 Å². The standard InChI is InChI=1S/C15H17N3O3S2/c1-9-7-12-11(5-6-16-15(12)18-9)13-3-4-14(22-13)23(20,21)17-8-10(2)19/h3-7,10,17,19H,8H2,1-2H3,(H,16,18)/t10-/m0/s1. The van der Waals surface area contributed by atoms with Gasteiger partial charge in [-0.15, -0.1) is 11.3 Å². The summed E-state index contributed by atoms with van der Waals surface area (Å²) >= 11 is 1.19. The van der Waals surface area contributed by atoms with Crippen molar-refractivity contribution in [3.8, 4) is 10.4 Å². The molecule has 3 rings (SSSR count). The fourth-order valence-electron chi connectivity index (χ4n) is 2.28. The maximum atomic E-state index is 12.2. The zero-order valence-electron chi connectivity index (χ0n) is 12.7. The average molecular weight is 351 g/mol. The molecule has 3 N–H and O–H groups in total. The van der Waals surface area contributed by atoms with Gasteiger partial charge >= 0.3 is 0 Å². The third-order valence-corrected chi connectivity index (χ3v) is 6.38. The van der Waals surface area contributed by atoms with Crippen LogP contribution in [0.25, 0.3) is 21.5 Å². The molecule has 0 aliphatic rings. The minimum atomic E-state index is -3.61. The molecule has 1 atom stereocenters. The van der Waals surface area contributed by atoms with Gasteiger partial charge < -0.3 is 10.1 Å². The topological polar surface area (TPSA) is 95.1 Å². The molecule has 0 fully saturated rings. The lowest BCUT2D eigenvalue weighted by atomic mass is 10.1. The molecular formula is C15H17N3O3S2. The van der Waals surface area contributed by atoms with Crippen LogP contribution in [0.4, 0.5) is 0 Å². The first kappa shape index (κ1) is 16.1. The zero-order chi connectivity index (χ0) is 16.6. The summed E-state index contributed by atoms with van der Waals surface area (Å²) in [6, 6.07) is 7.24. The van der Waals surface area contributed by atoms with Crippen LogP contribution in [0.5, 0.6) is 0 Å². The van der Waals surface area contributed by atoms with Gasteiger partial charge in [-0.3, -0.25) is 0 Å². The minimum absolute atomic E-state index is 0.00786. The summed E-state index contributed by atoms with van der Waals surface area (Å²) in [5.74, 6) is 0. The second kappa shape index (κ2) is 6.04. The number of hydrogen-bond donors (Lipinski definition) is 3. The van der Waals surface area contributed by atoms with Gasteiger partial charge in [0.05, 0.1) is 6.10 Å². The molecule has 122 valence electrons. The first-order valence-electron chi connectivity index (χ1n) is 7.09. The van der Waals surface area contributed by atoms with Crippen LogP contribution in [0.2, 0.25) is 0 Å². The van der Waals surface area contributed by atoms with Crippen molar-refractivity contribution in [2.24, 2.45) is 0 Å². The fraction of sp³-hybridized carbons (Fsp3) is 0.267. The first-order valence-corrected chi connectivity index (χ1v) is 9.39. The number of rotatable bonds is 5. The van der Waals surface area contributed by atoms with E-state index in [0.29, 0.717) is 0 Å². The number of pyridine rings is 1. The number of aliphatic hydroxyl groups is 1. The Balaban J connectivity index is 1.98. The highest BCUT2D eigenvalue weighted by Crippen LogP contribution is 2.34. The predicted molar refractivity (Wildman–Crippen MR) is 91.0 cm³/mol. The molecule has 3 aromatic heterocycles. The number of hydrogen-bond acceptors (Lipinski definition) is 5. The van der Waals surface area contributed by atoms with Crippen LogP contribution in [0.3, 0.4) is 0 Å². The van der Waals surface area contributed by atoms with E-state index in [2.05, 4.69) is 14.7 Å². The van der Waals surface area contributed by atoms with Crippen LogP contribution in [-0.4, -0.2) is 36.1 Å². The molecule has 0 aromatic carbocycles. The van der Waals surface area contributed by atoms with Crippen LogP contribution in [-0.2, 0) is 10.0 Å². The number of aromatic amines is 1. The quantitative estimate of drug-likeness (QED) is 0.657. The van der Waals surface area contributed by atoms with Crippen molar-refractivity contribution < 1.29 is 13.5 Å². The highest BCUT2D eigenvalue weighted by atomic mass is 32.2. The molecule has 3 aromatic rings. The summed E-state index contributed by atoms with van der Waals surface area (Å²) in [5, 5.41) is 10.2. The molecule has 0 radical (unpaired) electrons. The van der Waals surface area contributed by atoms with Crippen LogP contribution in [0.15, 0.2) is 34.7 Å². The van der Waals surface area contributed by atoms with Gasteiger partial charge in [-0.25, -0.2) is 18.1 Å². The third-order valence-electron chi connectivity index (χ3n) is 3.35. The smallest absolute Gasteiger partial charge is 0.250 e. The predicted octanol–water partition coefficient (Wildman–Crippen LogP) is 2.26. The van der Waals surface area contributed by atoms with Gasteiger partial charge in [0.1, 0.15) is 9.86 Å². The van der Waals surface area contributed by atoms with Crippen LogP contribution in [0, 0.1) is 6.92 Å². The number of fused-ring (bicyclic) bond motifs is 1. The van der Waals surface area contributed by atoms with Crippen molar-refractivity contribution in [3.05, 3.63) is 36.2 Å². The lowest BCUT2D eigenvalue weighted by Crippen LogP contribution is -2.30. The third kappa shape index (κ3) is 3.30. The molecular weight excluding hydrogens is 334 g/mol. The van der Waals surface area contributed by atoms with Gasteiger partial charge in [-0.1, -0.05) is 0 Å². The van der Waals surface area contributed by atoms with Crippen molar-refractivity contribution in [2.45, 2.75) is 24.2 Å². The van der Waals surface area contributed by atoms with Crippen molar-refractivity contribution >= 4 is 32.4 Å². The molecule has 23 heavy (non-hydrogen) atoms. The molecule has 3 heterocycles. The highest BCUT2D eigenvalue weighted by molar-refractivity contribution is 7.91. The number of sulfonamides is 1. The normalized spacial score (nSPS) is 13.5. The Bertz CT molecular complexity index is 942. The number of H-pyrrole nitrogens is 1. The second-order valence-electron chi connectivity index (χ2n) is 5.39. The molecule has 0 unspecified atom stereocenters. The van der Waals surface area contributed by atoms with E-state index in [4.69, 9.17) is 0 Å². The maximum Gasteiger partial charge on any atom is 0.250 e. The van der Waals surface area contributed by atoms with E-state index >= 15 is 0 Å². The van der Waals surface area contributed by atoms with E-state index in [1.165, 1.54) is 18.3 Å². The fourth-order valence-corrected chi connectivity index (χ4v) is 4.80. The van der Waals surface area contributed by atoms with E-state index in [9.17, 15) is 13.5 Å². The molecule has 0 saturated carbocycles. The average Bonchev–Trinajstić information content (AvgIpc) is 3.10. The molecule has 0 aliphatic heterocycles. The summed E-state index contributed by atoms with van der Waals surface area (Å²) in [6.45, 7) is 3.48. The first-order chi connectivity index (χ1) is 10.9. The largest absolute Gasteiger partial charge is 0.392 e. The summed E-state index contributed by atoms with van der Waals surface area (Å²) in [4.78, 5) is 8.31. The van der Waals surface area contributed by atoms with Crippen LogP contribution >= 0.6 is 11.3 Å². The number of aliphatic hydroxyl groups excluding tert-OH is 1. The van der Waals surface area contributed by atoms with Crippen molar-refractivity contribution in [2.75, 3.05) is 6.54 Å². The molecule has 0 bridgehead atoms. The summed E-state index contributed by atoms with van der Waals surface area (Å²) in [7, 11) is -3.61. The van der Waals surface area contributed by atoms with Gasteiger partial charge in [0.15, 0.2) is 0 Å². The summed E-state index contributed by atoms with van der Waals surface area (Å²) < 4.78 is 27.1. The molecule has 0 spiro atoms. The Morgan fingerprint density at radius 1 is 1.39 bits per heavy atom. The lowest BCUT2D eigenvalue weighted by Gasteiger charge is -2.06. The Morgan fingerprint density at radius 3 is 2.91 bits per heavy atom. The monoisotopic (exact) mass is 351 g/mol. The summed E-state index contributed by atoms with van der Waals surface area (Å²) in [5.41, 5.74) is 2.73. The number of aromatic nitrogens is 2. The zero-order valence-corrected chi connectivity index (χ0v) is 14.3. The maximum absolute atomic E-state index is 12.2. The van der Waals surface area contributed by atoms with Gasteiger partial charge in [-0.2, -0.15) is 0 Å². The van der Waals surface area contributed by atoms with E-state index in [1.54, 1.807) is 18.3 Å². The Labute approximate surface area is 138 Å². The van der Waals surface area contributed by atoms with Crippen molar-refractivity contribution in [1.82, 2.24) is 14.7 Å². The number of thiophene rings is 1. The molecule has 8 heteroatoms. The van der Waals surface area contributed by atoms with Gasteiger partial charge in [0, 0.05) is 34.3 Å². The Morgan fingerprint density at radius 2 is 2.17 bits per heavy atom. The van der Waals surface area contributed by atoms with E-state index in [0.717, 1.165) is 27.2 Å². The van der Waals surface area contributed by atoms with E-state index in [-0.39, 0.29) is 10.8 Å². The van der Waals surface area contributed by atoms with E-state index in [1.807, 2.05) is 19.1 Å². The van der Waals surface area contributed by atoms with E-state index < -0.39 is 16.1 Å². The van der Waals surface area contributed by atoms with Crippen molar-refractivity contribution in [1.29, 1.82) is 0 Å². The van der Waals surface area contributed by atoms with Crippen LogP contribution < -0.4 is 4.72 Å². The number of nitrogens with one attached hydrogen (secondary N) is 2. The number of nitrogens with zero attached hydrogens (tertiary/aromatic N) is 1. The van der Waals surface area contributed by atoms with Gasteiger partial charge in [0.25, 0.3) is 0 Å². The molecule has 0 saturated heterocycles. The highest BCUT2D eigenvalue weighted by Gasteiger charge is 2.18. The second-order valence-corrected chi connectivity index (χ2v) is 8.47. The SMILES string of the molecule is Cc1cc2c(-c3ccc(S(=O)(=O)NC[C@H](C)O)s3)ccnc2[nH]1. The number of aryl methyl sites for hydroxylation is 1. The van der Waals surface area contributed by atoms with Gasteiger partial charge in [0.2, 0.25) is 10.0 Å². The minimum Gasteiger partial charge on any atom is -0.392 e. The van der Waals surface area contributed by atoms with Gasteiger partial charge in [-0.05, 0) is 38.1 Å². The molecule has 6 nitrogen and oxygen atoms in total. The lowest BCUT2D eigenvalue weighted by molar-refractivity contribution is 0.198.